The van der Waals surface area contributed by atoms with E-state index in [2.05, 4.69) is 13.8 Å². The lowest BCUT2D eigenvalue weighted by atomic mass is 9.41. The van der Waals surface area contributed by atoms with Crippen molar-refractivity contribution in [2.24, 2.45) is 11.3 Å². The number of benzene rings is 2. The predicted molar refractivity (Wildman–Crippen MR) is 284 cm³/mol. The number of allylic oxidation sites excluding steroid dienone is 2. The van der Waals surface area contributed by atoms with Crippen molar-refractivity contribution in [3.8, 4) is 11.5 Å². The second kappa shape index (κ2) is 30.1. The monoisotopic (exact) mass is 961 g/mol. The van der Waals surface area contributed by atoms with Gasteiger partial charge in [0.2, 0.25) is 0 Å². The number of fused-ring (bicyclic) bond motifs is 2. The van der Waals surface area contributed by atoms with Gasteiger partial charge in [0.05, 0.1) is 0 Å². The van der Waals surface area contributed by atoms with E-state index in [1.165, 1.54) is 140 Å². The lowest BCUT2D eigenvalue weighted by Crippen LogP contribution is -2.61. The molecule has 1 saturated heterocycles. The number of rotatable bonds is 33. The zero-order valence-electron chi connectivity index (χ0n) is 44.0. The second-order valence-electron chi connectivity index (χ2n) is 21.8. The maximum absolute atomic E-state index is 14.4. The second-order valence-corrected chi connectivity index (χ2v) is 21.8. The smallest absolute Gasteiger partial charge is 0.335 e. The first-order valence-electron chi connectivity index (χ1n) is 29.2. The van der Waals surface area contributed by atoms with Gasteiger partial charge in [-0.05, 0) is 99.4 Å². The van der Waals surface area contributed by atoms with Gasteiger partial charge in [-0.2, -0.15) is 0 Å². The summed E-state index contributed by atoms with van der Waals surface area (Å²) in [6.45, 7) is 4.53. The number of ether oxygens (including phenoxy) is 3. The normalized spacial score (nSPS) is 20.1. The Morgan fingerprint density at radius 3 is 1.37 bits per heavy atom. The lowest BCUT2D eigenvalue weighted by molar-refractivity contribution is -0.160. The van der Waals surface area contributed by atoms with Crippen molar-refractivity contribution in [3.05, 3.63) is 82.5 Å². The third kappa shape index (κ3) is 15.7. The van der Waals surface area contributed by atoms with Crippen LogP contribution in [-0.2, 0) is 24.7 Å². The van der Waals surface area contributed by atoms with Crippen LogP contribution in [0.4, 0.5) is 0 Å². The van der Waals surface area contributed by atoms with Crippen LogP contribution in [0.15, 0.2) is 71.3 Å². The van der Waals surface area contributed by atoms with Crippen LogP contribution >= 0.6 is 0 Å². The Balaban J connectivity index is 1.04. The maximum Gasteiger partial charge on any atom is 0.335 e. The predicted octanol–water partition coefficient (Wildman–Crippen LogP) is 17.9. The fourth-order valence-corrected chi connectivity index (χ4v) is 12.5. The Morgan fingerprint density at radius 1 is 0.529 bits per heavy atom. The zero-order valence-corrected chi connectivity index (χ0v) is 44.0. The standard InChI is InChI=1S/C63H92O7/c1-3-5-7-9-11-13-15-17-19-21-23-25-31-37-57(65)68-53-43-39-50(40-44-53)55(64)49-56-62(47-33-28-34-48-62)60-59(51-35-29-27-30-36-51)61(67)70-63(56,60)52-41-45-54(46-42-52)69-58(66)38-32-26-24-22-20-18-16-14-12-10-8-6-4-2/h39-46,49,60H,3-38,47-48H2,1-2H3/b56-49-. The minimum absolute atomic E-state index is 0.156. The van der Waals surface area contributed by atoms with Crippen LogP contribution in [0.3, 0.4) is 0 Å². The van der Waals surface area contributed by atoms with Crippen LogP contribution in [-0.4, -0.2) is 23.7 Å². The van der Waals surface area contributed by atoms with E-state index in [0.29, 0.717) is 29.9 Å². The number of esters is 3. The van der Waals surface area contributed by atoms with Crippen molar-refractivity contribution in [2.45, 2.75) is 263 Å². The topological polar surface area (TPSA) is 96.0 Å². The van der Waals surface area contributed by atoms with Crippen LogP contribution in [0, 0.1) is 11.3 Å². The Hall–Kier alpha value is -4.00. The molecule has 2 unspecified atom stereocenters. The number of carbonyl (C=O) groups excluding carboxylic acids is 4. The molecule has 3 saturated carbocycles. The summed E-state index contributed by atoms with van der Waals surface area (Å²) in [5.74, 6) is -0.142. The molecule has 4 aliphatic rings. The molecule has 3 aliphatic carbocycles. The third-order valence-electron chi connectivity index (χ3n) is 16.4. The molecule has 7 heteroatoms. The van der Waals surface area contributed by atoms with Crippen LogP contribution < -0.4 is 9.47 Å². The molecule has 6 rings (SSSR count). The Kier molecular flexibility index (Phi) is 23.8. The van der Waals surface area contributed by atoms with Crippen molar-refractivity contribution in [1.82, 2.24) is 0 Å². The van der Waals surface area contributed by atoms with E-state index in [4.69, 9.17) is 14.2 Å². The minimum atomic E-state index is -1.11. The largest absolute Gasteiger partial charge is 0.445 e. The van der Waals surface area contributed by atoms with E-state index in [9.17, 15) is 19.2 Å². The van der Waals surface area contributed by atoms with Gasteiger partial charge in [-0.1, -0.05) is 211 Å². The zero-order chi connectivity index (χ0) is 49.3. The Labute approximate surface area is 424 Å². The van der Waals surface area contributed by atoms with Crippen molar-refractivity contribution >= 4 is 23.7 Å². The van der Waals surface area contributed by atoms with Gasteiger partial charge in [-0.25, -0.2) is 4.79 Å². The molecule has 1 aliphatic heterocycles. The van der Waals surface area contributed by atoms with Gasteiger partial charge >= 0.3 is 17.9 Å². The fourth-order valence-electron chi connectivity index (χ4n) is 12.5. The van der Waals surface area contributed by atoms with Crippen LogP contribution in [0.5, 0.6) is 11.5 Å². The quantitative estimate of drug-likeness (QED) is 0.0231. The molecule has 0 bridgehead atoms. The number of hydrogen-bond acceptors (Lipinski definition) is 7. The SMILES string of the molecule is CCCCCCCCCCCCCCCC(=O)Oc1ccc(C(=O)/C=C2/C3(CCCCC3)C3C(=C4CCCCC4)C(=O)OC23c2ccc(OC(=O)CCCCCCCCCCCCCCC)cc2)cc1. The molecule has 2 aromatic carbocycles. The Morgan fingerprint density at radius 2 is 0.929 bits per heavy atom. The average molecular weight is 961 g/mol. The van der Waals surface area contributed by atoms with Crippen LogP contribution in [0.25, 0.3) is 0 Å². The summed E-state index contributed by atoms with van der Waals surface area (Å²) in [6, 6.07) is 14.4. The van der Waals surface area contributed by atoms with Crippen LogP contribution in [0.1, 0.15) is 274 Å². The number of carbonyl (C=O) groups is 4. The number of unbranched alkanes of at least 4 members (excludes halogenated alkanes) is 24. The number of hydrogen-bond donors (Lipinski definition) is 0. The average Bonchev–Trinajstić information content (AvgIpc) is 3.67. The van der Waals surface area contributed by atoms with E-state index in [-0.39, 0.29) is 35.0 Å². The van der Waals surface area contributed by atoms with Crippen molar-refractivity contribution < 1.29 is 33.4 Å². The minimum Gasteiger partial charge on any atom is -0.445 e. The molecule has 1 heterocycles. The first kappa shape index (κ1) is 55.3. The van der Waals surface area contributed by atoms with Crippen molar-refractivity contribution in [1.29, 1.82) is 0 Å². The molecule has 0 radical (unpaired) electrons. The highest BCUT2D eigenvalue weighted by Crippen LogP contribution is 2.75. The summed E-state index contributed by atoms with van der Waals surface area (Å²) in [4.78, 5) is 54.5. The summed E-state index contributed by atoms with van der Waals surface area (Å²) in [6.07, 6.45) is 45.3. The molecule has 0 aromatic heterocycles. The molecule has 2 aromatic rings. The van der Waals surface area contributed by atoms with Crippen molar-refractivity contribution in [2.75, 3.05) is 0 Å². The summed E-state index contributed by atoms with van der Waals surface area (Å²) < 4.78 is 18.2. The van der Waals surface area contributed by atoms with Gasteiger partial charge in [-0.15, -0.1) is 0 Å². The molecule has 0 N–H and O–H groups in total. The Bertz CT molecular complexity index is 1960. The van der Waals surface area contributed by atoms with Gasteiger partial charge in [0, 0.05) is 40.9 Å². The van der Waals surface area contributed by atoms with Gasteiger partial charge in [0.25, 0.3) is 0 Å². The molecular weight excluding hydrogens is 869 g/mol. The molecule has 70 heavy (non-hydrogen) atoms. The van der Waals surface area contributed by atoms with Gasteiger partial charge in [0.15, 0.2) is 11.4 Å². The molecule has 386 valence electrons. The van der Waals surface area contributed by atoms with E-state index in [1.54, 1.807) is 30.3 Å². The third-order valence-corrected chi connectivity index (χ3v) is 16.4. The highest BCUT2D eigenvalue weighted by molar-refractivity contribution is 6.06. The van der Waals surface area contributed by atoms with Crippen molar-refractivity contribution in [3.63, 3.8) is 0 Å². The van der Waals surface area contributed by atoms with Gasteiger partial charge in [-0.3, -0.25) is 14.4 Å². The fraction of sp³-hybridized carbons (Fsp3) is 0.683. The van der Waals surface area contributed by atoms with Crippen LogP contribution in [0.2, 0.25) is 0 Å². The molecule has 0 amide bonds. The number of ketones is 1. The maximum atomic E-state index is 14.4. The van der Waals surface area contributed by atoms with E-state index in [1.807, 2.05) is 24.3 Å². The first-order chi connectivity index (χ1) is 34.3. The van der Waals surface area contributed by atoms with Gasteiger partial charge in [0.1, 0.15) is 11.5 Å². The molecule has 1 spiro atoms. The van der Waals surface area contributed by atoms with E-state index in [0.717, 1.165) is 113 Å². The summed E-state index contributed by atoms with van der Waals surface area (Å²) in [5, 5.41) is 0. The first-order valence-corrected chi connectivity index (χ1v) is 29.2. The summed E-state index contributed by atoms with van der Waals surface area (Å²) in [5.41, 5.74) is 2.81. The molecule has 4 fully saturated rings. The molecule has 7 nitrogen and oxygen atoms in total. The van der Waals surface area contributed by atoms with E-state index >= 15 is 0 Å². The lowest BCUT2D eigenvalue weighted by Gasteiger charge is -2.62. The molecular formula is C63H92O7. The summed E-state index contributed by atoms with van der Waals surface area (Å²) in [7, 11) is 0. The summed E-state index contributed by atoms with van der Waals surface area (Å²) >= 11 is 0. The van der Waals surface area contributed by atoms with Gasteiger partial charge < -0.3 is 14.2 Å². The molecule has 2 atom stereocenters. The van der Waals surface area contributed by atoms with E-state index < -0.39 is 5.60 Å². The highest BCUT2D eigenvalue weighted by atomic mass is 16.6. The highest BCUT2D eigenvalue weighted by Gasteiger charge is 2.75.